The van der Waals surface area contributed by atoms with E-state index < -0.39 is 18.0 Å². The molecule has 1 aromatic carbocycles. The third-order valence-corrected chi connectivity index (χ3v) is 2.89. The minimum absolute atomic E-state index is 0.339. The molecule has 1 unspecified atom stereocenters. The summed E-state index contributed by atoms with van der Waals surface area (Å²) in [6.45, 7) is 2.07. The molecule has 0 aliphatic rings. The number of halogens is 1. The molecule has 5 nitrogen and oxygen atoms in total. The molecule has 2 amide bonds. The minimum Gasteiger partial charge on any atom is -0.480 e. The van der Waals surface area contributed by atoms with Gasteiger partial charge in [0.15, 0.2) is 0 Å². The standard InChI is InChI=1S/C13H17ClN2O3/c1-3-11(12(17)18)15-13(19)16(2)8-9-5-4-6-10(14)7-9/h4-7,11H,3,8H2,1-2H3,(H,15,19)(H,17,18). The second kappa shape index (κ2) is 6.99. The van der Waals surface area contributed by atoms with Crippen LogP contribution in [0.5, 0.6) is 0 Å². The number of amides is 2. The van der Waals surface area contributed by atoms with E-state index in [2.05, 4.69) is 5.32 Å². The summed E-state index contributed by atoms with van der Waals surface area (Å²) < 4.78 is 0. The number of carbonyl (C=O) groups is 2. The lowest BCUT2D eigenvalue weighted by molar-refractivity contribution is -0.139. The van der Waals surface area contributed by atoms with Gasteiger partial charge in [0.2, 0.25) is 0 Å². The maximum Gasteiger partial charge on any atom is 0.326 e. The van der Waals surface area contributed by atoms with Crippen LogP contribution in [0.3, 0.4) is 0 Å². The van der Waals surface area contributed by atoms with Gasteiger partial charge in [0.05, 0.1) is 0 Å². The maximum atomic E-state index is 11.8. The smallest absolute Gasteiger partial charge is 0.326 e. The third-order valence-electron chi connectivity index (χ3n) is 2.66. The molecular weight excluding hydrogens is 268 g/mol. The molecule has 0 saturated carbocycles. The summed E-state index contributed by atoms with van der Waals surface area (Å²) >= 11 is 5.86. The Bertz CT molecular complexity index is 465. The number of urea groups is 1. The quantitative estimate of drug-likeness (QED) is 0.872. The Morgan fingerprint density at radius 2 is 2.16 bits per heavy atom. The summed E-state index contributed by atoms with van der Waals surface area (Å²) in [6, 6.07) is 5.88. The van der Waals surface area contributed by atoms with E-state index in [0.29, 0.717) is 18.0 Å². The van der Waals surface area contributed by atoms with E-state index in [1.165, 1.54) is 4.90 Å². The average molecular weight is 285 g/mol. The molecule has 2 N–H and O–H groups in total. The van der Waals surface area contributed by atoms with Crippen molar-refractivity contribution in [3.05, 3.63) is 34.9 Å². The third kappa shape index (κ3) is 4.79. The Kier molecular flexibility index (Phi) is 5.63. The summed E-state index contributed by atoms with van der Waals surface area (Å²) in [5.41, 5.74) is 0.883. The molecule has 1 rings (SSSR count). The van der Waals surface area contributed by atoms with Gasteiger partial charge in [0.1, 0.15) is 6.04 Å². The van der Waals surface area contributed by atoms with Crippen molar-refractivity contribution in [2.45, 2.75) is 25.9 Å². The first-order valence-corrected chi connectivity index (χ1v) is 6.30. The zero-order valence-corrected chi connectivity index (χ0v) is 11.6. The zero-order valence-electron chi connectivity index (χ0n) is 10.9. The van der Waals surface area contributed by atoms with E-state index >= 15 is 0 Å². The van der Waals surface area contributed by atoms with Crippen LogP contribution in [0.1, 0.15) is 18.9 Å². The number of carboxylic acid groups (broad SMARTS) is 1. The van der Waals surface area contributed by atoms with Crippen LogP contribution in [-0.4, -0.2) is 35.1 Å². The number of nitrogens with one attached hydrogen (secondary N) is 1. The highest BCUT2D eigenvalue weighted by molar-refractivity contribution is 6.30. The number of aliphatic carboxylic acids is 1. The van der Waals surface area contributed by atoms with Crippen molar-refractivity contribution < 1.29 is 14.7 Å². The molecule has 0 aromatic heterocycles. The Labute approximate surface area is 117 Å². The van der Waals surface area contributed by atoms with Gasteiger partial charge in [-0.1, -0.05) is 30.7 Å². The summed E-state index contributed by atoms with van der Waals surface area (Å²) in [5, 5.41) is 11.9. The van der Waals surface area contributed by atoms with Crippen molar-refractivity contribution in [2.24, 2.45) is 0 Å². The number of carboxylic acids is 1. The Balaban J connectivity index is 2.60. The van der Waals surface area contributed by atoms with E-state index in [0.717, 1.165) is 5.56 Å². The lowest BCUT2D eigenvalue weighted by Gasteiger charge is -2.20. The van der Waals surface area contributed by atoms with E-state index in [1.807, 2.05) is 6.07 Å². The van der Waals surface area contributed by atoms with Crippen LogP contribution in [0.25, 0.3) is 0 Å². The number of benzene rings is 1. The van der Waals surface area contributed by atoms with Gasteiger partial charge in [-0.15, -0.1) is 0 Å². The van der Waals surface area contributed by atoms with Gasteiger partial charge in [-0.3, -0.25) is 0 Å². The molecule has 104 valence electrons. The Hall–Kier alpha value is -1.75. The highest BCUT2D eigenvalue weighted by Gasteiger charge is 2.19. The average Bonchev–Trinajstić information content (AvgIpc) is 2.35. The van der Waals surface area contributed by atoms with Crippen molar-refractivity contribution in [1.29, 1.82) is 0 Å². The summed E-state index contributed by atoms with van der Waals surface area (Å²) in [7, 11) is 1.60. The fourth-order valence-electron chi connectivity index (χ4n) is 1.58. The summed E-state index contributed by atoms with van der Waals surface area (Å²) in [4.78, 5) is 24.1. The maximum absolute atomic E-state index is 11.8. The van der Waals surface area contributed by atoms with Crippen LogP contribution in [0, 0.1) is 0 Å². The first-order chi connectivity index (χ1) is 8.93. The molecule has 0 radical (unpaired) electrons. The first-order valence-electron chi connectivity index (χ1n) is 5.93. The van der Waals surface area contributed by atoms with Crippen molar-refractivity contribution >= 4 is 23.6 Å². The molecule has 0 heterocycles. The predicted octanol–water partition coefficient (Wildman–Crippen LogP) is 2.34. The van der Waals surface area contributed by atoms with Gasteiger partial charge in [0, 0.05) is 18.6 Å². The second-order valence-electron chi connectivity index (χ2n) is 4.23. The van der Waals surface area contributed by atoms with Gasteiger partial charge < -0.3 is 15.3 Å². The van der Waals surface area contributed by atoms with Crippen LogP contribution < -0.4 is 5.32 Å². The van der Waals surface area contributed by atoms with Crippen molar-refractivity contribution in [3.63, 3.8) is 0 Å². The highest BCUT2D eigenvalue weighted by Crippen LogP contribution is 2.12. The molecule has 0 bridgehead atoms. The molecule has 0 spiro atoms. The molecule has 19 heavy (non-hydrogen) atoms. The fraction of sp³-hybridized carbons (Fsp3) is 0.385. The monoisotopic (exact) mass is 284 g/mol. The lowest BCUT2D eigenvalue weighted by Crippen LogP contribution is -2.46. The van der Waals surface area contributed by atoms with Crippen LogP contribution >= 0.6 is 11.6 Å². The molecule has 0 aliphatic carbocycles. The van der Waals surface area contributed by atoms with Gasteiger partial charge in [-0.25, -0.2) is 9.59 Å². The van der Waals surface area contributed by atoms with Crippen molar-refractivity contribution in [2.75, 3.05) is 7.05 Å². The van der Waals surface area contributed by atoms with Crippen LogP contribution in [-0.2, 0) is 11.3 Å². The predicted molar refractivity (Wildman–Crippen MR) is 73.2 cm³/mol. The minimum atomic E-state index is -1.04. The van der Waals surface area contributed by atoms with E-state index in [9.17, 15) is 9.59 Å². The van der Waals surface area contributed by atoms with Gasteiger partial charge in [-0.2, -0.15) is 0 Å². The van der Waals surface area contributed by atoms with E-state index in [1.54, 1.807) is 32.2 Å². The summed E-state index contributed by atoms with van der Waals surface area (Å²) in [6.07, 6.45) is 0.339. The van der Waals surface area contributed by atoms with Crippen LogP contribution in [0.15, 0.2) is 24.3 Å². The van der Waals surface area contributed by atoms with Gasteiger partial charge in [-0.05, 0) is 24.1 Å². The molecule has 1 atom stereocenters. The number of hydrogen-bond acceptors (Lipinski definition) is 2. The van der Waals surface area contributed by atoms with Crippen LogP contribution in [0.4, 0.5) is 4.79 Å². The molecule has 0 saturated heterocycles. The number of nitrogens with zero attached hydrogens (tertiary/aromatic N) is 1. The molecular formula is C13H17ClN2O3. The molecule has 1 aromatic rings. The first kappa shape index (κ1) is 15.3. The topological polar surface area (TPSA) is 69.6 Å². The Morgan fingerprint density at radius 3 is 2.68 bits per heavy atom. The van der Waals surface area contributed by atoms with E-state index in [-0.39, 0.29) is 0 Å². The lowest BCUT2D eigenvalue weighted by atomic mass is 10.2. The fourth-order valence-corrected chi connectivity index (χ4v) is 1.79. The van der Waals surface area contributed by atoms with Crippen molar-refractivity contribution in [1.82, 2.24) is 10.2 Å². The largest absolute Gasteiger partial charge is 0.480 e. The van der Waals surface area contributed by atoms with Crippen LogP contribution in [0.2, 0.25) is 5.02 Å². The Morgan fingerprint density at radius 1 is 1.47 bits per heavy atom. The van der Waals surface area contributed by atoms with Crippen molar-refractivity contribution in [3.8, 4) is 0 Å². The molecule has 0 aliphatic heterocycles. The van der Waals surface area contributed by atoms with Gasteiger partial charge >= 0.3 is 12.0 Å². The summed E-state index contributed by atoms with van der Waals surface area (Å²) in [5.74, 6) is -1.04. The SMILES string of the molecule is CCC(NC(=O)N(C)Cc1cccc(Cl)c1)C(=O)O. The normalized spacial score (nSPS) is 11.7. The molecule has 6 heteroatoms. The number of rotatable bonds is 5. The molecule has 0 fully saturated rings. The van der Waals surface area contributed by atoms with E-state index in [4.69, 9.17) is 16.7 Å². The van der Waals surface area contributed by atoms with Gasteiger partial charge in [0.25, 0.3) is 0 Å². The number of hydrogen-bond donors (Lipinski definition) is 2. The second-order valence-corrected chi connectivity index (χ2v) is 4.67. The number of carbonyl (C=O) groups excluding carboxylic acids is 1. The zero-order chi connectivity index (χ0) is 14.4. The highest BCUT2D eigenvalue weighted by atomic mass is 35.5.